The van der Waals surface area contributed by atoms with Gasteiger partial charge in [0.05, 0.1) is 17.0 Å². The molecule has 0 atom stereocenters. The maximum atomic E-state index is 14.0. The second kappa shape index (κ2) is 8.41. The van der Waals surface area contributed by atoms with Crippen LogP contribution in [0.5, 0.6) is 0 Å². The summed E-state index contributed by atoms with van der Waals surface area (Å²) in [5.41, 5.74) is 0.259. The second-order valence-electron chi connectivity index (χ2n) is 7.27. The lowest BCUT2D eigenvalue weighted by Gasteiger charge is -2.38. The van der Waals surface area contributed by atoms with E-state index in [-0.39, 0.29) is 12.2 Å². The Morgan fingerprint density at radius 2 is 1.85 bits per heavy atom. The lowest BCUT2D eigenvalue weighted by atomic mass is 10.2. The van der Waals surface area contributed by atoms with Gasteiger partial charge in [0.1, 0.15) is 11.6 Å². The Hall–Kier alpha value is -1.90. The van der Waals surface area contributed by atoms with Gasteiger partial charge in [-0.25, -0.2) is 17.2 Å². The van der Waals surface area contributed by atoms with E-state index in [2.05, 4.69) is 10.3 Å². The molecule has 0 aromatic heterocycles. The number of rotatable bonds is 5. The Kier molecular flexibility index (Phi) is 6.67. The number of hydrogen-bond acceptors (Lipinski definition) is 4. The normalized spacial score (nSPS) is 16.6. The Morgan fingerprint density at radius 3 is 2.41 bits per heavy atom. The van der Waals surface area contributed by atoms with Crippen molar-refractivity contribution in [2.75, 3.05) is 50.4 Å². The van der Waals surface area contributed by atoms with Crippen LogP contribution in [0.3, 0.4) is 0 Å². The van der Waals surface area contributed by atoms with Gasteiger partial charge in [-0.1, -0.05) is 0 Å². The molecule has 1 fully saturated rings. The summed E-state index contributed by atoms with van der Waals surface area (Å²) < 4.78 is 50.2. The zero-order valence-electron chi connectivity index (χ0n) is 16.3. The van der Waals surface area contributed by atoms with Gasteiger partial charge >= 0.3 is 0 Å². The predicted octanol–water partition coefficient (Wildman–Crippen LogP) is 1.88. The summed E-state index contributed by atoms with van der Waals surface area (Å²) in [5, 5.41) is 3.18. The van der Waals surface area contributed by atoms with E-state index in [1.807, 2.05) is 11.8 Å². The monoisotopic (exact) mass is 402 g/mol. The van der Waals surface area contributed by atoms with Gasteiger partial charge in [0.25, 0.3) is 0 Å². The summed E-state index contributed by atoms with van der Waals surface area (Å²) in [7, 11) is -3.24. The Labute approximate surface area is 160 Å². The molecule has 6 nitrogen and oxygen atoms in total. The molecule has 0 radical (unpaired) electrons. The molecule has 1 heterocycles. The summed E-state index contributed by atoms with van der Waals surface area (Å²) in [6.07, 6.45) is 1.21. The number of piperazine rings is 1. The summed E-state index contributed by atoms with van der Waals surface area (Å²) in [4.78, 5) is 8.32. The highest BCUT2D eigenvalue weighted by atomic mass is 32.2. The highest BCUT2D eigenvalue weighted by Crippen LogP contribution is 2.22. The third-order valence-corrected chi connectivity index (χ3v) is 6.91. The van der Waals surface area contributed by atoms with Crippen LogP contribution in [0, 0.1) is 11.6 Å². The van der Waals surface area contributed by atoms with Crippen LogP contribution in [0.15, 0.2) is 23.2 Å². The van der Waals surface area contributed by atoms with Crippen molar-refractivity contribution in [3.8, 4) is 0 Å². The third kappa shape index (κ3) is 5.31. The van der Waals surface area contributed by atoms with E-state index < -0.39 is 26.2 Å². The van der Waals surface area contributed by atoms with Gasteiger partial charge < -0.3 is 15.1 Å². The minimum atomic E-state index is -3.24. The number of benzene rings is 1. The molecule has 0 aliphatic carbocycles. The van der Waals surface area contributed by atoms with E-state index >= 15 is 0 Å². The SMILES string of the molecule is CCNC(=NCC(C)(C)S(C)(=O)=O)N1CCN(c2cc(F)ccc2F)CC1. The molecule has 0 unspecified atom stereocenters. The molecule has 1 aliphatic rings. The first-order valence-electron chi connectivity index (χ1n) is 8.98. The number of sulfone groups is 1. The minimum Gasteiger partial charge on any atom is -0.366 e. The first-order chi connectivity index (χ1) is 12.5. The van der Waals surface area contributed by atoms with E-state index in [0.717, 1.165) is 12.1 Å². The number of aliphatic imine (C=N–C) groups is 1. The van der Waals surface area contributed by atoms with Gasteiger partial charge in [-0.2, -0.15) is 0 Å². The van der Waals surface area contributed by atoms with Crippen LogP contribution in [0.4, 0.5) is 14.5 Å². The molecular weight excluding hydrogens is 374 g/mol. The number of hydrogen-bond donors (Lipinski definition) is 1. The number of nitrogens with zero attached hydrogens (tertiary/aromatic N) is 3. The van der Waals surface area contributed by atoms with Gasteiger partial charge in [-0.15, -0.1) is 0 Å². The number of halogens is 2. The van der Waals surface area contributed by atoms with Crippen LogP contribution < -0.4 is 10.2 Å². The van der Waals surface area contributed by atoms with Gasteiger partial charge in [0.15, 0.2) is 15.8 Å². The zero-order chi connectivity index (χ0) is 20.2. The maximum absolute atomic E-state index is 14.0. The number of guanidine groups is 1. The van der Waals surface area contributed by atoms with Crippen molar-refractivity contribution in [3.05, 3.63) is 29.8 Å². The first-order valence-corrected chi connectivity index (χ1v) is 10.9. The molecule has 0 spiro atoms. The van der Waals surface area contributed by atoms with Crippen molar-refractivity contribution >= 4 is 21.5 Å². The molecule has 1 aromatic carbocycles. The largest absolute Gasteiger partial charge is 0.366 e. The van der Waals surface area contributed by atoms with Crippen LogP contribution in [0.1, 0.15) is 20.8 Å². The van der Waals surface area contributed by atoms with Gasteiger partial charge in [-0.05, 0) is 32.9 Å². The molecule has 1 aliphatic heterocycles. The van der Waals surface area contributed by atoms with Crippen LogP contribution >= 0.6 is 0 Å². The minimum absolute atomic E-state index is 0.146. The van der Waals surface area contributed by atoms with Crippen LogP contribution in [-0.2, 0) is 9.84 Å². The molecule has 1 N–H and O–H groups in total. The predicted molar refractivity (Wildman–Crippen MR) is 105 cm³/mol. The highest BCUT2D eigenvalue weighted by molar-refractivity contribution is 7.92. The molecule has 0 saturated carbocycles. The molecular formula is C18H28F2N4O2S. The van der Waals surface area contributed by atoms with Crippen molar-refractivity contribution in [2.45, 2.75) is 25.5 Å². The quantitative estimate of drug-likeness (QED) is 0.602. The second-order valence-corrected chi connectivity index (χ2v) is 9.92. The third-order valence-electron chi connectivity index (χ3n) is 4.78. The zero-order valence-corrected chi connectivity index (χ0v) is 17.1. The molecule has 9 heteroatoms. The average Bonchev–Trinajstić information content (AvgIpc) is 2.60. The Balaban J connectivity index is 2.08. The van der Waals surface area contributed by atoms with Gasteiger partial charge in [0.2, 0.25) is 0 Å². The topological polar surface area (TPSA) is 65.0 Å². The van der Waals surface area contributed by atoms with Crippen molar-refractivity contribution in [2.24, 2.45) is 4.99 Å². The standard InChI is InChI=1S/C18H28F2N4O2S/c1-5-21-17(22-13-18(2,3)27(4,25)26)24-10-8-23(9-11-24)16-12-14(19)6-7-15(16)20/h6-7,12H,5,8-11,13H2,1-4H3,(H,21,22). The van der Waals surface area contributed by atoms with Crippen molar-refractivity contribution in [1.82, 2.24) is 10.2 Å². The fourth-order valence-corrected chi connectivity index (χ4v) is 2.99. The van der Waals surface area contributed by atoms with Crippen molar-refractivity contribution < 1.29 is 17.2 Å². The smallest absolute Gasteiger partial charge is 0.194 e. The van der Waals surface area contributed by atoms with E-state index in [4.69, 9.17) is 0 Å². The number of nitrogens with one attached hydrogen (secondary N) is 1. The first kappa shape index (κ1) is 21.4. The molecule has 0 bridgehead atoms. The number of anilines is 1. The van der Waals surface area contributed by atoms with E-state index in [1.165, 1.54) is 12.3 Å². The summed E-state index contributed by atoms with van der Waals surface area (Å²) in [5.74, 6) is -0.277. The van der Waals surface area contributed by atoms with Gasteiger partial charge in [0, 0.05) is 45.0 Å². The van der Waals surface area contributed by atoms with Crippen molar-refractivity contribution in [1.29, 1.82) is 0 Å². The molecule has 152 valence electrons. The highest BCUT2D eigenvalue weighted by Gasteiger charge is 2.30. The van der Waals surface area contributed by atoms with Gasteiger partial charge in [-0.3, -0.25) is 4.99 Å². The molecule has 1 saturated heterocycles. The van der Waals surface area contributed by atoms with Crippen LogP contribution in [0.2, 0.25) is 0 Å². The molecule has 0 amide bonds. The summed E-state index contributed by atoms with van der Waals surface area (Å²) >= 11 is 0. The summed E-state index contributed by atoms with van der Waals surface area (Å²) in [6, 6.07) is 3.45. The van der Waals surface area contributed by atoms with E-state index in [9.17, 15) is 17.2 Å². The molecule has 2 rings (SSSR count). The molecule has 27 heavy (non-hydrogen) atoms. The van der Waals surface area contributed by atoms with Crippen LogP contribution in [-0.4, -0.2) is 69.5 Å². The Morgan fingerprint density at radius 1 is 1.22 bits per heavy atom. The van der Waals surface area contributed by atoms with Crippen molar-refractivity contribution in [3.63, 3.8) is 0 Å². The van der Waals surface area contributed by atoms with E-state index in [1.54, 1.807) is 18.7 Å². The van der Waals surface area contributed by atoms with E-state index in [0.29, 0.717) is 38.7 Å². The summed E-state index contributed by atoms with van der Waals surface area (Å²) in [6.45, 7) is 8.21. The fraction of sp³-hybridized carbons (Fsp3) is 0.611. The fourth-order valence-electron chi connectivity index (χ4n) is 2.70. The average molecular weight is 403 g/mol. The Bertz CT molecular complexity index is 789. The lowest BCUT2D eigenvalue weighted by Crippen LogP contribution is -2.53. The van der Waals surface area contributed by atoms with Crippen LogP contribution in [0.25, 0.3) is 0 Å². The lowest BCUT2D eigenvalue weighted by molar-refractivity contribution is 0.370. The maximum Gasteiger partial charge on any atom is 0.194 e. The molecule has 1 aromatic rings.